The molecule has 4 aliphatic carbocycles. The number of alkyl halides is 3. The van der Waals surface area contributed by atoms with Gasteiger partial charge in [0, 0.05) is 11.8 Å². The maximum absolute atomic E-state index is 10.6. The van der Waals surface area contributed by atoms with Crippen LogP contribution in [0, 0.1) is 17.8 Å². The van der Waals surface area contributed by atoms with E-state index in [1.54, 1.807) is 0 Å². The van der Waals surface area contributed by atoms with Gasteiger partial charge in [0.15, 0.2) is 0 Å². The van der Waals surface area contributed by atoms with Crippen molar-refractivity contribution in [1.29, 1.82) is 0 Å². The van der Waals surface area contributed by atoms with Gasteiger partial charge in [-0.1, -0.05) is 24.3 Å². The molecular formula is C23H26F3N3O2. The van der Waals surface area contributed by atoms with Crippen molar-refractivity contribution in [3.8, 4) is 0 Å². The Morgan fingerprint density at radius 3 is 2.06 bits per heavy atom. The van der Waals surface area contributed by atoms with Crippen molar-refractivity contribution in [2.45, 2.75) is 69.5 Å². The van der Waals surface area contributed by atoms with Gasteiger partial charge < -0.3 is 9.67 Å². The number of hydrogen-bond acceptors (Lipinski definition) is 3. The number of rotatable bonds is 1. The van der Waals surface area contributed by atoms with E-state index in [-0.39, 0.29) is 0 Å². The van der Waals surface area contributed by atoms with Crippen LogP contribution in [-0.2, 0) is 29.6 Å². The van der Waals surface area contributed by atoms with Gasteiger partial charge in [-0.3, -0.25) is 0 Å². The maximum Gasteiger partial charge on any atom is 0.490 e. The Morgan fingerprint density at radius 2 is 1.52 bits per heavy atom. The smallest absolute Gasteiger partial charge is 0.475 e. The van der Waals surface area contributed by atoms with Crippen LogP contribution in [0.25, 0.3) is 0 Å². The zero-order valence-electron chi connectivity index (χ0n) is 17.2. The van der Waals surface area contributed by atoms with Gasteiger partial charge in [0.25, 0.3) is 0 Å². The highest BCUT2D eigenvalue weighted by molar-refractivity contribution is 5.73. The summed E-state index contributed by atoms with van der Waals surface area (Å²) in [4.78, 5) is 8.90. The van der Waals surface area contributed by atoms with Crippen molar-refractivity contribution in [3.63, 3.8) is 0 Å². The van der Waals surface area contributed by atoms with E-state index < -0.39 is 12.1 Å². The van der Waals surface area contributed by atoms with Gasteiger partial charge >= 0.3 is 12.1 Å². The standard InChI is InChI=1S/C21H25N3.C2HF3O2/c1-2-4-18-13-24-19(6-5-17(18)3-1)22-23-20(24)21-10-14-7-15(11-21)9-16(8-14)12-21;3-2(4,5)1(6)7/h1-4,14-16H,5-13H2;(H,6,7). The number of aliphatic carboxylic acids is 1. The molecule has 0 amide bonds. The molecule has 5 nitrogen and oxygen atoms in total. The second-order valence-corrected chi connectivity index (χ2v) is 9.80. The number of fused-ring (bicyclic) bond motifs is 2. The predicted molar refractivity (Wildman–Crippen MR) is 107 cm³/mol. The molecule has 0 unspecified atom stereocenters. The highest BCUT2D eigenvalue weighted by Crippen LogP contribution is 2.60. The first-order chi connectivity index (χ1) is 14.7. The van der Waals surface area contributed by atoms with E-state index in [2.05, 4.69) is 33.9 Å². The Hall–Kier alpha value is -2.38. The SMILES string of the molecule is O=C(O)C(F)(F)F.c1ccc2c(c1)CCc1nnc(C34CC5CC(CC(C5)C3)C4)n1C2. The van der Waals surface area contributed by atoms with E-state index >= 15 is 0 Å². The molecule has 2 heterocycles. The molecule has 31 heavy (non-hydrogen) atoms. The van der Waals surface area contributed by atoms with Gasteiger partial charge in [-0.15, -0.1) is 10.2 Å². The highest BCUT2D eigenvalue weighted by Gasteiger charge is 2.54. The van der Waals surface area contributed by atoms with Gasteiger partial charge in [-0.2, -0.15) is 13.2 Å². The molecule has 4 fully saturated rings. The minimum atomic E-state index is -5.08. The van der Waals surface area contributed by atoms with Crippen LogP contribution in [0.1, 0.15) is 61.3 Å². The van der Waals surface area contributed by atoms with Gasteiger partial charge in [-0.05, 0) is 73.8 Å². The van der Waals surface area contributed by atoms with Crippen LogP contribution in [0.4, 0.5) is 13.2 Å². The van der Waals surface area contributed by atoms with Crippen molar-refractivity contribution in [2.75, 3.05) is 0 Å². The number of nitrogens with zero attached hydrogens (tertiary/aromatic N) is 3. The quantitative estimate of drug-likeness (QED) is 0.718. The number of aromatic nitrogens is 3. The number of carbonyl (C=O) groups is 1. The van der Waals surface area contributed by atoms with E-state index in [4.69, 9.17) is 15.0 Å². The lowest BCUT2D eigenvalue weighted by molar-refractivity contribution is -0.192. The van der Waals surface area contributed by atoms with Crippen molar-refractivity contribution in [1.82, 2.24) is 14.8 Å². The molecule has 166 valence electrons. The zero-order valence-corrected chi connectivity index (χ0v) is 17.2. The third-order valence-electron chi connectivity index (χ3n) is 7.65. The lowest BCUT2D eigenvalue weighted by Crippen LogP contribution is -2.49. The molecule has 4 saturated carbocycles. The average molecular weight is 433 g/mol. The predicted octanol–water partition coefficient (Wildman–Crippen LogP) is 4.53. The van der Waals surface area contributed by atoms with E-state index in [1.807, 2.05) is 0 Å². The normalized spacial score (nSPS) is 30.6. The van der Waals surface area contributed by atoms with Gasteiger partial charge in [0.2, 0.25) is 0 Å². The molecule has 2 aromatic rings. The van der Waals surface area contributed by atoms with Crippen LogP contribution >= 0.6 is 0 Å². The Morgan fingerprint density at radius 1 is 0.968 bits per heavy atom. The topological polar surface area (TPSA) is 68.0 Å². The van der Waals surface area contributed by atoms with E-state index in [9.17, 15) is 13.2 Å². The van der Waals surface area contributed by atoms with Crippen LogP contribution < -0.4 is 0 Å². The highest BCUT2D eigenvalue weighted by atomic mass is 19.4. The molecular weight excluding hydrogens is 407 g/mol. The molecule has 1 aliphatic heterocycles. The first-order valence-corrected chi connectivity index (χ1v) is 11.0. The minimum absolute atomic E-state index is 0.347. The van der Waals surface area contributed by atoms with Gasteiger partial charge in [0.05, 0.1) is 6.54 Å². The number of carboxylic acid groups (broad SMARTS) is 1. The Balaban J connectivity index is 0.000000256. The average Bonchev–Trinajstić information content (AvgIpc) is 3.00. The number of aryl methyl sites for hydroxylation is 2. The molecule has 8 heteroatoms. The Labute approximate surface area is 178 Å². The van der Waals surface area contributed by atoms with Gasteiger partial charge in [-0.25, -0.2) is 4.79 Å². The van der Waals surface area contributed by atoms with Crippen molar-refractivity contribution in [3.05, 3.63) is 47.0 Å². The largest absolute Gasteiger partial charge is 0.490 e. The third-order valence-corrected chi connectivity index (χ3v) is 7.65. The summed E-state index contributed by atoms with van der Waals surface area (Å²) in [6, 6.07) is 8.94. The van der Waals surface area contributed by atoms with Crippen LogP contribution in [0.5, 0.6) is 0 Å². The fourth-order valence-electron chi connectivity index (χ4n) is 6.84. The number of hydrogen-bond donors (Lipinski definition) is 1. The second kappa shape index (κ2) is 7.35. The van der Waals surface area contributed by atoms with Crippen molar-refractivity contribution < 1.29 is 23.1 Å². The summed E-state index contributed by atoms with van der Waals surface area (Å²) in [6.07, 6.45) is 5.65. The molecule has 7 rings (SSSR count). The first-order valence-electron chi connectivity index (χ1n) is 11.0. The summed E-state index contributed by atoms with van der Waals surface area (Å²) in [7, 11) is 0. The number of carboxylic acids is 1. The van der Waals surface area contributed by atoms with Crippen LogP contribution in [0.2, 0.25) is 0 Å². The molecule has 5 aliphatic rings. The maximum atomic E-state index is 10.6. The lowest BCUT2D eigenvalue weighted by atomic mass is 9.49. The number of benzene rings is 1. The monoisotopic (exact) mass is 433 g/mol. The fourth-order valence-corrected chi connectivity index (χ4v) is 6.84. The summed E-state index contributed by atoms with van der Waals surface area (Å²) in [5, 5.41) is 16.6. The Bertz CT molecular complexity index is 963. The third kappa shape index (κ3) is 3.74. The molecule has 0 saturated heterocycles. The zero-order chi connectivity index (χ0) is 21.8. The van der Waals surface area contributed by atoms with Crippen LogP contribution in [-0.4, -0.2) is 32.0 Å². The molecule has 0 radical (unpaired) electrons. The van der Waals surface area contributed by atoms with Crippen molar-refractivity contribution >= 4 is 5.97 Å². The molecule has 1 aromatic carbocycles. The second-order valence-electron chi connectivity index (χ2n) is 9.80. The lowest BCUT2D eigenvalue weighted by Gasteiger charge is -2.56. The minimum Gasteiger partial charge on any atom is -0.475 e. The van der Waals surface area contributed by atoms with E-state index in [0.717, 1.165) is 37.1 Å². The van der Waals surface area contributed by atoms with E-state index in [0.29, 0.717) is 5.41 Å². The first kappa shape index (κ1) is 20.5. The molecule has 1 N–H and O–H groups in total. The molecule has 4 bridgehead atoms. The molecule has 1 aromatic heterocycles. The van der Waals surface area contributed by atoms with E-state index in [1.165, 1.54) is 61.3 Å². The fraction of sp³-hybridized carbons (Fsp3) is 0.609. The van der Waals surface area contributed by atoms with Crippen LogP contribution in [0.15, 0.2) is 24.3 Å². The summed E-state index contributed by atoms with van der Waals surface area (Å²) in [6.45, 7) is 0.982. The van der Waals surface area contributed by atoms with Gasteiger partial charge in [0.1, 0.15) is 11.6 Å². The summed E-state index contributed by atoms with van der Waals surface area (Å²) < 4.78 is 34.2. The Kier molecular flexibility index (Phi) is 4.86. The van der Waals surface area contributed by atoms with Crippen LogP contribution in [0.3, 0.4) is 0 Å². The summed E-state index contributed by atoms with van der Waals surface area (Å²) >= 11 is 0. The van der Waals surface area contributed by atoms with Crippen molar-refractivity contribution in [2.24, 2.45) is 17.8 Å². The molecule has 0 atom stereocenters. The molecule has 0 spiro atoms. The number of halogens is 3. The summed E-state index contributed by atoms with van der Waals surface area (Å²) in [5.74, 6) is 2.68. The summed E-state index contributed by atoms with van der Waals surface area (Å²) in [5.41, 5.74) is 3.32.